The largest absolute Gasteiger partial charge is 0.348 e. The summed E-state index contributed by atoms with van der Waals surface area (Å²) in [5.74, 6) is 0.832. The number of carbonyl (C=O) groups is 1. The van der Waals surface area contributed by atoms with Gasteiger partial charge in [0.25, 0.3) is 5.91 Å². The Morgan fingerprint density at radius 2 is 2.29 bits per heavy atom. The number of hydrogen-bond acceptors (Lipinski definition) is 3. The Bertz CT molecular complexity index is 378. The van der Waals surface area contributed by atoms with Crippen molar-refractivity contribution >= 4 is 29.3 Å². The van der Waals surface area contributed by atoms with Crippen LogP contribution in [0.15, 0.2) is 12.1 Å². The summed E-state index contributed by atoms with van der Waals surface area (Å²) < 4.78 is 0. The van der Waals surface area contributed by atoms with E-state index in [2.05, 4.69) is 17.2 Å². The third kappa shape index (κ3) is 4.56. The van der Waals surface area contributed by atoms with Crippen molar-refractivity contribution in [2.24, 2.45) is 0 Å². The standard InChI is InChI=1S/C12H17ClN2OS/c1-4-10(7-17-3)15-12(16)9-5-8(2)14-11(13)6-9/h5-6,10H,4,7H2,1-3H3,(H,15,16). The van der Waals surface area contributed by atoms with Crippen LogP contribution in [0.4, 0.5) is 0 Å². The summed E-state index contributed by atoms with van der Waals surface area (Å²) in [6.07, 6.45) is 2.95. The van der Waals surface area contributed by atoms with E-state index in [0.29, 0.717) is 10.7 Å². The second-order valence-corrected chi connectivity index (χ2v) is 5.15. The molecular formula is C12H17ClN2OS. The molecule has 0 aromatic carbocycles. The molecule has 0 saturated carbocycles. The Balaban J connectivity index is 2.75. The number of hydrogen-bond donors (Lipinski definition) is 1. The predicted octanol–water partition coefficient (Wildman–Crippen LogP) is 2.91. The molecule has 0 bridgehead atoms. The van der Waals surface area contributed by atoms with E-state index in [1.807, 2.05) is 13.2 Å². The number of amides is 1. The number of aromatic nitrogens is 1. The van der Waals surface area contributed by atoms with Crippen molar-refractivity contribution in [3.8, 4) is 0 Å². The number of halogens is 1. The molecule has 1 amide bonds. The molecule has 94 valence electrons. The molecule has 1 aromatic heterocycles. The van der Waals surface area contributed by atoms with Gasteiger partial charge in [-0.15, -0.1) is 0 Å². The van der Waals surface area contributed by atoms with Crippen LogP contribution in [0.25, 0.3) is 0 Å². The zero-order valence-corrected chi connectivity index (χ0v) is 11.9. The van der Waals surface area contributed by atoms with Crippen molar-refractivity contribution < 1.29 is 4.79 Å². The fourth-order valence-electron chi connectivity index (χ4n) is 1.49. The summed E-state index contributed by atoms with van der Waals surface area (Å²) in [6.45, 7) is 3.88. The second kappa shape index (κ2) is 6.87. The van der Waals surface area contributed by atoms with Crippen molar-refractivity contribution in [1.29, 1.82) is 0 Å². The first-order chi connectivity index (χ1) is 8.06. The Kier molecular flexibility index (Phi) is 5.78. The maximum atomic E-state index is 12.0. The Hall–Kier alpha value is -0.740. The summed E-state index contributed by atoms with van der Waals surface area (Å²) in [5.41, 5.74) is 1.32. The van der Waals surface area contributed by atoms with E-state index in [9.17, 15) is 4.79 Å². The van der Waals surface area contributed by atoms with Gasteiger partial charge in [0.05, 0.1) is 0 Å². The Morgan fingerprint density at radius 3 is 2.82 bits per heavy atom. The van der Waals surface area contributed by atoms with Gasteiger partial charge in [0.2, 0.25) is 0 Å². The SMILES string of the molecule is CCC(CSC)NC(=O)c1cc(C)nc(Cl)c1. The molecule has 1 aromatic rings. The van der Waals surface area contributed by atoms with Crippen LogP contribution in [0, 0.1) is 6.92 Å². The smallest absolute Gasteiger partial charge is 0.251 e. The number of thioether (sulfide) groups is 1. The molecule has 1 unspecified atom stereocenters. The minimum atomic E-state index is -0.0849. The van der Waals surface area contributed by atoms with E-state index in [0.717, 1.165) is 17.9 Å². The van der Waals surface area contributed by atoms with Crippen molar-refractivity contribution in [3.63, 3.8) is 0 Å². The van der Waals surface area contributed by atoms with Gasteiger partial charge >= 0.3 is 0 Å². The third-order valence-electron chi connectivity index (χ3n) is 2.38. The van der Waals surface area contributed by atoms with Crippen molar-refractivity contribution in [3.05, 3.63) is 28.5 Å². The van der Waals surface area contributed by atoms with E-state index in [-0.39, 0.29) is 11.9 Å². The molecule has 1 heterocycles. The number of rotatable bonds is 5. The quantitative estimate of drug-likeness (QED) is 0.838. The van der Waals surface area contributed by atoms with E-state index >= 15 is 0 Å². The fraction of sp³-hybridized carbons (Fsp3) is 0.500. The predicted molar refractivity (Wildman–Crippen MR) is 73.9 cm³/mol. The highest BCUT2D eigenvalue weighted by Crippen LogP contribution is 2.11. The molecule has 1 N–H and O–H groups in total. The van der Waals surface area contributed by atoms with Gasteiger partial charge in [0, 0.05) is 23.1 Å². The summed E-state index contributed by atoms with van der Waals surface area (Å²) in [4.78, 5) is 16.0. The van der Waals surface area contributed by atoms with Gasteiger partial charge in [-0.3, -0.25) is 4.79 Å². The summed E-state index contributed by atoms with van der Waals surface area (Å²) >= 11 is 7.56. The molecule has 0 aliphatic heterocycles. The molecule has 0 aliphatic carbocycles. The summed E-state index contributed by atoms with van der Waals surface area (Å²) in [7, 11) is 0. The van der Waals surface area contributed by atoms with Crippen LogP contribution >= 0.6 is 23.4 Å². The highest BCUT2D eigenvalue weighted by atomic mass is 35.5. The highest BCUT2D eigenvalue weighted by molar-refractivity contribution is 7.98. The number of nitrogens with one attached hydrogen (secondary N) is 1. The number of aryl methyl sites for hydroxylation is 1. The topological polar surface area (TPSA) is 42.0 Å². The highest BCUT2D eigenvalue weighted by Gasteiger charge is 2.12. The van der Waals surface area contributed by atoms with E-state index in [1.165, 1.54) is 0 Å². The zero-order chi connectivity index (χ0) is 12.8. The number of carbonyl (C=O) groups excluding carboxylic acids is 1. The van der Waals surface area contributed by atoms with Crippen LogP contribution in [0.3, 0.4) is 0 Å². The van der Waals surface area contributed by atoms with Gasteiger partial charge in [-0.25, -0.2) is 4.98 Å². The number of pyridine rings is 1. The third-order valence-corrected chi connectivity index (χ3v) is 3.31. The number of nitrogens with zero attached hydrogens (tertiary/aromatic N) is 1. The van der Waals surface area contributed by atoms with Gasteiger partial charge in [0.15, 0.2) is 0 Å². The fourth-order valence-corrected chi connectivity index (χ4v) is 2.46. The molecule has 1 rings (SSSR count). The van der Waals surface area contributed by atoms with Crippen LogP contribution < -0.4 is 5.32 Å². The van der Waals surface area contributed by atoms with E-state index in [4.69, 9.17) is 11.6 Å². The average Bonchev–Trinajstić information content (AvgIpc) is 2.27. The van der Waals surface area contributed by atoms with Crippen LogP contribution in [0.2, 0.25) is 5.15 Å². The summed E-state index contributed by atoms with van der Waals surface area (Å²) in [5, 5.41) is 3.35. The lowest BCUT2D eigenvalue weighted by atomic mass is 10.2. The molecule has 0 fully saturated rings. The maximum absolute atomic E-state index is 12.0. The minimum absolute atomic E-state index is 0.0849. The second-order valence-electron chi connectivity index (χ2n) is 3.85. The first-order valence-corrected chi connectivity index (χ1v) is 7.28. The van der Waals surface area contributed by atoms with Crippen molar-refractivity contribution in [2.75, 3.05) is 12.0 Å². The van der Waals surface area contributed by atoms with Gasteiger partial charge in [-0.05, 0) is 31.7 Å². The molecular weight excluding hydrogens is 256 g/mol. The molecule has 17 heavy (non-hydrogen) atoms. The molecule has 5 heteroatoms. The van der Waals surface area contributed by atoms with Crippen molar-refractivity contribution in [1.82, 2.24) is 10.3 Å². The molecule has 0 saturated heterocycles. The van der Waals surface area contributed by atoms with Crippen LogP contribution in [0.5, 0.6) is 0 Å². The first-order valence-electron chi connectivity index (χ1n) is 5.50. The zero-order valence-electron chi connectivity index (χ0n) is 10.3. The maximum Gasteiger partial charge on any atom is 0.251 e. The molecule has 3 nitrogen and oxygen atoms in total. The van der Waals surface area contributed by atoms with Crippen LogP contribution in [-0.4, -0.2) is 28.9 Å². The monoisotopic (exact) mass is 272 g/mol. The Morgan fingerprint density at radius 1 is 1.59 bits per heavy atom. The van der Waals surface area contributed by atoms with E-state index in [1.54, 1.807) is 23.9 Å². The van der Waals surface area contributed by atoms with Gasteiger partial charge in [-0.1, -0.05) is 18.5 Å². The van der Waals surface area contributed by atoms with Crippen LogP contribution in [0.1, 0.15) is 29.4 Å². The molecule has 1 atom stereocenters. The lowest BCUT2D eigenvalue weighted by Crippen LogP contribution is -2.36. The normalized spacial score (nSPS) is 12.2. The molecule has 0 radical (unpaired) electrons. The van der Waals surface area contributed by atoms with Crippen LogP contribution in [-0.2, 0) is 0 Å². The van der Waals surface area contributed by atoms with Gasteiger partial charge < -0.3 is 5.32 Å². The first kappa shape index (κ1) is 14.3. The average molecular weight is 273 g/mol. The van der Waals surface area contributed by atoms with Gasteiger partial charge in [-0.2, -0.15) is 11.8 Å². The Labute approximate surface area is 111 Å². The lowest BCUT2D eigenvalue weighted by Gasteiger charge is -2.15. The summed E-state index contributed by atoms with van der Waals surface area (Å²) in [6, 6.07) is 3.53. The van der Waals surface area contributed by atoms with Crippen molar-refractivity contribution in [2.45, 2.75) is 26.3 Å². The van der Waals surface area contributed by atoms with E-state index < -0.39 is 0 Å². The lowest BCUT2D eigenvalue weighted by molar-refractivity contribution is 0.0940. The van der Waals surface area contributed by atoms with Gasteiger partial charge in [0.1, 0.15) is 5.15 Å². The minimum Gasteiger partial charge on any atom is -0.348 e. The molecule has 0 aliphatic rings. The molecule has 0 spiro atoms.